The van der Waals surface area contributed by atoms with E-state index in [2.05, 4.69) is 35.2 Å². The van der Waals surface area contributed by atoms with Crippen LogP contribution in [0.15, 0.2) is 65.8 Å². The van der Waals surface area contributed by atoms with Gasteiger partial charge in [-0.2, -0.15) is 9.97 Å². The van der Waals surface area contributed by atoms with Crippen LogP contribution < -0.4 is 15.4 Å². The van der Waals surface area contributed by atoms with E-state index in [-0.39, 0.29) is 23.0 Å². The van der Waals surface area contributed by atoms with Crippen molar-refractivity contribution in [3.63, 3.8) is 0 Å². The first-order valence-corrected chi connectivity index (χ1v) is 16.0. The van der Waals surface area contributed by atoms with Gasteiger partial charge in [-0.05, 0) is 69.1 Å². The number of methoxy groups -OCH3 is 1. The first-order valence-electron chi connectivity index (χ1n) is 14.6. The minimum Gasteiger partial charge on any atom is -0.385 e. The summed E-state index contributed by atoms with van der Waals surface area (Å²) in [6.07, 6.45) is 5.70. The fourth-order valence-electron chi connectivity index (χ4n) is 5.02. The van der Waals surface area contributed by atoms with Gasteiger partial charge in [0.1, 0.15) is 0 Å². The van der Waals surface area contributed by atoms with Gasteiger partial charge in [0, 0.05) is 32.4 Å². The highest BCUT2D eigenvalue weighted by atomic mass is 32.2. The monoisotopic (exact) mass is 606 g/mol. The summed E-state index contributed by atoms with van der Waals surface area (Å²) in [6.45, 7) is 5.20. The smallest absolute Gasteiger partial charge is 0.258 e. The molecule has 228 valence electrons. The van der Waals surface area contributed by atoms with Gasteiger partial charge in [-0.1, -0.05) is 36.4 Å². The van der Waals surface area contributed by atoms with Crippen LogP contribution in [-0.2, 0) is 21.3 Å². The standard InChI is InChI=1S/C30H38N8O4S/c1-42-19-9-15-33-43(40,41)25-13-7-12-24(20-25)29(39)36-30-34-27(31-14-8-18-37-16-5-6-17-37)26-28(35-30)38(22-32-26)21-23-10-3-2-4-11-23/h2-4,7,10-13,20,22,33H,5-6,8-9,14-19,21H2,1H3,(H2,31,34,35,36,39). The Morgan fingerprint density at radius 1 is 1.00 bits per heavy atom. The zero-order valence-corrected chi connectivity index (χ0v) is 25.1. The Hall–Kier alpha value is -3.91. The molecular weight excluding hydrogens is 568 g/mol. The first-order chi connectivity index (χ1) is 20.9. The largest absolute Gasteiger partial charge is 0.385 e. The second-order valence-electron chi connectivity index (χ2n) is 10.5. The van der Waals surface area contributed by atoms with E-state index in [1.54, 1.807) is 19.5 Å². The minimum absolute atomic E-state index is 0.00441. The van der Waals surface area contributed by atoms with Crippen LogP contribution in [0.1, 0.15) is 41.6 Å². The molecule has 0 spiro atoms. The predicted molar refractivity (Wildman–Crippen MR) is 166 cm³/mol. The van der Waals surface area contributed by atoms with Crippen LogP contribution in [0, 0.1) is 0 Å². The van der Waals surface area contributed by atoms with E-state index >= 15 is 0 Å². The lowest BCUT2D eigenvalue weighted by Crippen LogP contribution is -2.26. The van der Waals surface area contributed by atoms with E-state index in [9.17, 15) is 13.2 Å². The van der Waals surface area contributed by atoms with Crippen molar-refractivity contribution in [3.05, 3.63) is 72.1 Å². The van der Waals surface area contributed by atoms with Crippen LogP contribution in [0.3, 0.4) is 0 Å². The lowest BCUT2D eigenvalue weighted by molar-refractivity contribution is 0.102. The molecule has 1 fully saturated rings. The van der Waals surface area contributed by atoms with Crippen LogP contribution in [-0.4, -0.2) is 85.2 Å². The molecule has 2 aromatic carbocycles. The zero-order chi connectivity index (χ0) is 30.1. The van der Waals surface area contributed by atoms with Gasteiger partial charge in [-0.3, -0.25) is 10.1 Å². The molecule has 3 N–H and O–H groups in total. The van der Waals surface area contributed by atoms with E-state index in [0.29, 0.717) is 43.1 Å². The molecule has 3 heterocycles. The number of carbonyl (C=O) groups is 1. The average Bonchev–Trinajstić information content (AvgIpc) is 3.69. The number of benzene rings is 2. The summed E-state index contributed by atoms with van der Waals surface area (Å²) in [6, 6.07) is 15.8. The molecule has 1 amide bonds. The van der Waals surface area contributed by atoms with Crippen molar-refractivity contribution in [1.82, 2.24) is 29.1 Å². The summed E-state index contributed by atoms with van der Waals surface area (Å²) < 4.78 is 34.9. The molecule has 0 radical (unpaired) electrons. The summed E-state index contributed by atoms with van der Waals surface area (Å²) in [5.41, 5.74) is 2.44. The van der Waals surface area contributed by atoms with E-state index in [1.165, 1.54) is 31.0 Å². The lowest BCUT2D eigenvalue weighted by Gasteiger charge is -2.15. The van der Waals surface area contributed by atoms with Gasteiger partial charge < -0.3 is 19.5 Å². The number of nitrogens with zero attached hydrogens (tertiary/aromatic N) is 5. The number of hydrogen-bond acceptors (Lipinski definition) is 9. The molecule has 13 heteroatoms. The number of rotatable bonds is 15. The van der Waals surface area contributed by atoms with Gasteiger partial charge in [0.15, 0.2) is 17.0 Å². The van der Waals surface area contributed by atoms with Gasteiger partial charge in [-0.25, -0.2) is 18.1 Å². The second kappa shape index (κ2) is 14.5. The van der Waals surface area contributed by atoms with Crippen molar-refractivity contribution in [3.8, 4) is 0 Å². The Kier molecular flexibility index (Phi) is 10.3. The van der Waals surface area contributed by atoms with Crippen LogP contribution in [0.5, 0.6) is 0 Å². The first kappa shape index (κ1) is 30.5. The summed E-state index contributed by atoms with van der Waals surface area (Å²) in [5, 5.41) is 6.16. The van der Waals surface area contributed by atoms with E-state index in [0.717, 1.165) is 31.6 Å². The average molecular weight is 607 g/mol. The number of amides is 1. The topological polar surface area (TPSA) is 143 Å². The highest BCUT2D eigenvalue weighted by Gasteiger charge is 2.19. The number of likely N-dealkylation sites (tertiary alicyclic amines) is 1. The predicted octanol–water partition coefficient (Wildman–Crippen LogP) is 3.34. The van der Waals surface area contributed by atoms with Crippen molar-refractivity contribution >= 4 is 38.9 Å². The molecule has 12 nitrogen and oxygen atoms in total. The molecule has 1 saturated heterocycles. The lowest BCUT2D eigenvalue weighted by atomic mass is 10.2. The number of hydrogen-bond donors (Lipinski definition) is 3. The van der Waals surface area contributed by atoms with E-state index in [4.69, 9.17) is 4.74 Å². The van der Waals surface area contributed by atoms with Gasteiger partial charge >= 0.3 is 0 Å². The molecule has 0 bridgehead atoms. The van der Waals surface area contributed by atoms with Gasteiger partial charge in [-0.15, -0.1) is 0 Å². The minimum atomic E-state index is -3.79. The van der Waals surface area contributed by atoms with Crippen LogP contribution in [0.25, 0.3) is 11.2 Å². The van der Waals surface area contributed by atoms with Crippen molar-refractivity contribution in [1.29, 1.82) is 0 Å². The summed E-state index contributed by atoms with van der Waals surface area (Å²) >= 11 is 0. The number of aromatic nitrogens is 4. The molecule has 1 aliphatic heterocycles. The highest BCUT2D eigenvalue weighted by molar-refractivity contribution is 7.89. The Labute approximate surface area is 251 Å². The van der Waals surface area contributed by atoms with Crippen molar-refractivity contribution in [2.45, 2.75) is 37.1 Å². The third kappa shape index (κ3) is 8.14. The molecule has 0 aliphatic carbocycles. The van der Waals surface area contributed by atoms with Gasteiger partial charge in [0.2, 0.25) is 16.0 Å². The zero-order valence-electron chi connectivity index (χ0n) is 24.3. The maximum absolute atomic E-state index is 13.3. The number of fused-ring (bicyclic) bond motifs is 1. The number of anilines is 2. The Morgan fingerprint density at radius 3 is 2.60 bits per heavy atom. The quantitative estimate of drug-likeness (QED) is 0.174. The van der Waals surface area contributed by atoms with E-state index < -0.39 is 15.9 Å². The molecule has 2 aromatic heterocycles. The summed E-state index contributed by atoms with van der Waals surface area (Å²) in [5.74, 6) is 0.107. The highest BCUT2D eigenvalue weighted by Crippen LogP contribution is 2.23. The normalized spacial score (nSPS) is 13.9. The van der Waals surface area contributed by atoms with Crippen LogP contribution in [0.4, 0.5) is 11.8 Å². The van der Waals surface area contributed by atoms with Gasteiger partial charge in [0.25, 0.3) is 5.91 Å². The van der Waals surface area contributed by atoms with E-state index in [1.807, 2.05) is 34.9 Å². The number of carbonyl (C=O) groups excluding carboxylic acids is 1. The SMILES string of the molecule is COCCCNS(=O)(=O)c1cccc(C(=O)Nc2nc(NCCCN3CCCC3)c3ncn(Cc4ccccc4)c3n2)c1. The Balaban J connectivity index is 1.36. The number of imidazole rings is 1. The third-order valence-electron chi connectivity index (χ3n) is 7.25. The molecule has 5 rings (SSSR count). The Bertz CT molecular complexity index is 1620. The molecule has 43 heavy (non-hydrogen) atoms. The molecule has 4 aromatic rings. The van der Waals surface area contributed by atoms with Crippen molar-refractivity contribution in [2.24, 2.45) is 0 Å². The Morgan fingerprint density at radius 2 is 1.81 bits per heavy atom. The van der Waals surface area contributed by atoms with Gasteiger partial charge in [0.05, 0.1) is 17.8 Å². The molecular formula is C30H38N8O4S. The summed E-state index contributed by atoms with van der Waals surface area (Å²) in [7, 11) is -2.23. The molecule has 0 saturated carbocycles. The van der Waals surface area contributed by atoms with Crippen LogP contribution >= 0.6 is 0 Å². The number of ether oxygens (including phenoxy) is 1. The summed E-state index contributed by atoms with van der Waals surface area (Å²) in [4.78, 5) is 29.6. The van der Waals surface area contributed by atoms with Crippen LogP contribution in [0.2, 0.25) is 0 Å². The molecule has 1 aliphatic rings. The molecule has 0 unspecified atom stereocenters. The third-order valence-corrected chi connectivity index (χ3v) is 8.71. The maximum atomic E-state index is 13.3. The fourth-order valence-corrected chi connectivity index (χ4v) is 6.14. The van der Waals surface area contributed by atoms with Crippen molar-refractivity contribution in [2.75, 3.05) is 57.1 Å². The fraction of sp³-hybridized carbons (Fsp3) is 0.400. The number of sulfonamides is 1. The number of nitrogens with one attached hydrogen (secondary N) is 3. The molecule has 0 atom stereocenters. The maximum Gasteiger partial charge on any atom is 0.258 e. The second-order valence-corrected chi connectivity index (χ2v) is 12.2. The van der Waals surface area contributed by atoms with Crippen molar-refractivity contribution < 1.29 is 17.9 Å².